The SMILES string of the molecule is CCOC(=O)CNC(C)(C)CC(=O)c1cccc(COc2ccc(-c3cc(F)c(F)cc3OC)cc2)c1. The summed E-state index contributed by atoms with van der Waals surface area (Å²) < 4.78 is 43.2. The minimum atomic E-state index is -0.974. The van der Waals surface area contributed by atoms with Crippen LogP contribution in [0.2, 0.25) is 0 Å². The van der Waals surface area contributed by atoms with Gasteiger partial charge in [0.2, 0.25) is 0 Å². The van der Waals surface area contributed by atoms with Crippen molar-refractivity contribution >= 4 is 11.8 Å². The van der Waals surface area contributed by atoms with Gasteiger partial charge in [-0.15, -0.1) is 0 Å². The van der Waals surface area contributed by atoms with Gasteiger partial charge < -0.3 is 19.5 Å². The summed E-state index contributed by atoms with van der Waals surface area (Å²) in [5.74, 6) is -1.55. The van der Waals surface area contributed by atoms with Gasteiger partial charge >= 0.3 is 5.97 Å². The van der Waals surface area contributed by atoms with Gasteiger partial charge in [-0.3, -0.25) is 9.59 Å². The molecule has 0 aliphatic rings. The average Bonchev–Trinajstić information content (AvgIpc) is 2.88. The van der Waals surface area contributed by atoms with E-state index < -0.39 is 17.2 Å². The molecule has 0 fully saturated rings. The number of esters is 1. The molecular weight excluding hydrogens is 480 g/mol. The van der Waals surface area contributed by atoms with Gasteiger partial charge in [-0.1, -0.05) is 30.3 Å². The van der Waals surface area contributed by atoms with E-state index in [1.165, 1.54) is 7.11 Å². The summed E-state index contributed by atoms with van der Waals surface area (Å²) in [4.78, 5) is 24.5. The van der Waals surface area contributed by atoms with E-state index in [1.54, 1.807) is 49.4 Å². The molecule has 0 unspecified atom stereocenters. The van der Waals surface area contributed by atoms with Gasteiger partial charge in [0, 0.05) is 29.2 Å². The molecule has 37 heavy (non-hydrogen) atoms. The second kappa shape index (κ2) is 12.5. The largest absolute Gasteiger partial charge is 0.496 e. The number of rotatable bonds is 12. The molecule has 0 radical (unpaired) electrons. The van der Waals surface area contributed by atoms with Crippen LogP contribution < -0.4 is 14.8 Å². The number of ether oxygens (including phenoxy) is 3. The molecule has 196 valence electrons. The predicted octanol–water partition coefficient (Wildman–Crippen LogP) is 5.72. The number of methoxy groups -OCH3 is 1. The van der Waals surface area contributed by atoms with E-state index in [0.717, 1.165) is 17.7 Å². The highest BCUT2D eigenvalue weighted by molar-refractivity contribution is 5.97. The third-order valence-electron chi connectivity index (χ3n) is 5.68. The van der Waals surface area contributed by atoms with Gasteiger partial charge in [0.1, 0.15) is 18.1 Å². The first-order valence-corrected chi connectivity index (χ1v) is 11.9. The van der Waals surface area contributed by atoms with Crippen molar-refractivity contribution in [3.63, 3.8) is 0 Å². The van der Waals surface area contributed by atoms with Gasteiger partial charge in [0.25, 0.3) is 0 Å². The van der Waals surface area contributed by atoms with Crippen molar-refractivity contribution in [1.82, 2.24) is 5.32 Å². The molecule has 1 N–H and O–H groups in total. The van der Waals surface area contributed by atoms with Crippen LogP contribution in [0.15, 0.2) is 60.7 Å². The molecule has 0 bridgehead atoms. The maximum absolute atomic E-state index is 13.7. The lowest BCUT2D eigenvalue weighted by Gasteiger charge is -2.25. The molecule has 0 saturated carbocycles. The maximum atomic E-state index is 13.7. The lowest BCUT2D eigenvalue weighted by atomic mass is 9.93. The number of hydrogen-bond donors (Lipinski definition) is 1. The molecule has 6 nitrogen and oxygen atoms in total. The summed E-state index contributed by atoms with van der Waals surface area (Å²) >= 11 is 0. The van der Waals surface area contributed by atoms with Crippen molar-refractivity contribution in [2.75, 3.05) is 20.3 Å². The van der Waals surface area contributed by atoms with Crippen molar-refractivity contribution in [3.8, 4) is 22.6 Å². The molecule has 8 heteroatoms. The number of ketones is 1. The van der Waals surface area contributed by atoms with Crippen LogP contribution in [0, 0.1) is 11.6 Å². The fourth-order valence-corrected chi connectivity index (χ4v) is 3.74. The molecule has 3 aromatic rings. The summed E-state index contributed by atoms with van der Waals surface area (Å²) in [6, 6.07) is 16.2. The Morgan fingerprint density at radius 3 is 2.35 bits per heavy atom. The molecular formula is C29H31F2NO5. The summed E-state index contributed by atoms with van der Waals surface area (Å²) in [5, 5.41) is 3.07. The van der Waals surface area contributed by atoms with Crippen LogP contribution in [-0.2, 0) is 16.1 Å². The van der Waals surface area contributed by atoms with Crippen molar-refractivity contribution < 1.29 is 32.6 Å². The Labute approximate surface area is 215 Å². The Morgan fingerprint density at radius 2 is 1.68 bits per heavy atom. The zero-order chi connectivity index (χ0) is 27.0. The van der Waals surface area contributed by atoms with Crippen LogP contribution in [0.4, 0.5) is 8.78 Å². The number of carbonyl (C=O) groups excluding carboxylic acids is 2. The number of benzene rings is 3. The molecule has 0 aliphatic heterocycles. The standard InChI is InChI=1S/C29H31F2NO5/c1-5-36-28(34)17-32-29(2,3)16-26(33)21-8-6-7-19(13-21)18-37-22-11-9-20(10-12-22)23-14-24(30)25(31)15-27(23)35-4/h6-15,32H,5,16-18H2,1-4H3. The quantitative estimate of drug-likeness (QED) is 0.248. The minimum Gasteiger partial charge on any atom is -0.496 e. The number of halogens is 2. The number of carbonyl (C=O) groups is 2. The Hall–Kier alpha value is -3.78. The van der Waals surface area contributed by atoms with Crippen molar-refractivity contribution in [3.05, 3.63) is 83.4 Å². The summed E-state index contributed by atoms with van der Waals surface area (Å²) in [5.41, 5.74) is 1.85. The van der Waals surface area contributed by atoms with Crippen LogP contribution in [0.5, 0.6) is 11.5 Å². The first-order chi connectivity index (χ1) is 17.6. The molecule has 0 aliphatic carbocycles. The molecule has 0 heterocycles. The molecule has 0 atom stereocenters. The van der Waals surface area contributed by atoms with Crippen LogP contribution >= 0.6 is 0 Å². The summed E-state index contributed by atoms with van der Waals surface area (Å²) in [6.45, 7) is 6.03. The fourth-order valence-electron chi connectivity index (χ4n) is 3.74. The van der Waals surface area contributed by atoms with Crippen LogP contribution in [0.3, 0.4) is 0 Å². The monoisotopic (exact) mass is 511 g/mol. The number of Topliss-reactive ketones (excluding diaryl/α,β-unsaturated/α-hetero) is 1. The normalized spacial score (nSPS) is 11.2. The second-order valence-corrected chi connectivity index (χ2v) is 9.12. The molecule has 0 aromatic heterocycles. The number of nitrogens with one attached hydrogen (secondary N) is 1. The van der Waals surface area contributed by atoms with Crippen LogP contribution in [-0.4, -0.2) is 37.6 Å². The minimum absolute atomic E-state index is 0.0314. The van der Waals surface area contributed by atoms with Gasteiger partial charge in [-0.25, -0.2) is 8.78 Å². The van der Waals surface area contributed by atoms with Crippen molar-refractivity contribution in [1.29, 1.82) is 0 Å². The first kappa shape index (κ1) is 27.8. The van der Waals surface area contributed by atoms with E-state index in [0.29, 0.717) is 29.0 Å². The lowest BCUT2D eigenvalue weighted by molar-refractivity contribution is -0.142. The third-order valence-corrected chi connectivity index (χ3v) is 5.68. The van der Waals surface area contributed by atoms with E-state index in [9.17, 15) is 18.4 Å². The third kappa shape index (κ3) is 7.85. The Balaban J connectivity index is 1.61. The number of hydrogen-bond acceptors (Lipinski definition) is 6. The molecule has 0 saturated heterocycles. The van der Waals surface area contributed by atoms with E-state index >= 15 is 0 Å². The summed E-state index contributed by atoms with van der Waals surface area (Å²) in [6.07, 6.45) is 0.200. The average molecular weight is 512 g/mol. The topological polar surface area (TPSA) is 73.9 Å². The highest BCUT2D eigenvalue weighted by atomic mass is 19.2. The van der Waals surface area contributed by atoms with Crippen molar-refractivity contribution in [2.45, 2.75) is 39.3 Å². The van der Waals surface area contributed by atoms with Crippen molar-refractivity contribution in [2.24, 2.45) is 0 Å². The Morgan fingerprint density at radius 1 is 0.973 bits per heavy atom. The van der Waals surface area contributed by atoms with Crippen LogP contribution in [0.1, 0.15) is 43.1 Å². The van der Waals surface area contributed by atoms with E-state index in [-0.39, 0.29) is 37.1 Å². The summed E-state index contributed by atoms with van der Waals surface area (Å²) in [7, 11) is 1.40. The van der Waals surface area contributed by atoms with Crippen LogP contribution in [0.25, 0.3) is 11.1 Å². The maximum Gasteiger partial charge on any atom is 0.319 e. The fraction of sp³-hybridized carbons (Fsp3) is 0.310. The molecule has 0 amide bonds. The molecule has 0 spiro atoms. The highest BCUT2D eigenvalue weighted by Crippen LogP contribution is 2.33. The van der Waals surface area contributed by atoms with E-state index in [1.807, 2.05) is 19.9 Å². The van der Waals surface area contributed by atoms with Gasteiger partial charge in [0.05, 0.1) is 20.3 Å². The zero-order valence-corrected chi connectivity index (χ0v) is 21.4. The highest BCUT2D eigenvalue weighted by Gasteiger charge is 2.23. The van der Waals surface area contributed by atoms with E-state index in [4.69, 9.17) is 14.2 Å². The Kier molecular flexibility index (Phi) is 9.36. The van der Waals surface area contributed by atoms with Gasteiger partial charge in [0.15, 0.2) is 17.4 Å². The molecule has 3 rings (SSSR count). The molecule has 3 aromatic carbocycles. The zero-order valence-electron chi connectivity index (χ0n) is 21.4. The van der Waals surface area contributed by atoms with Gasteiger partial charge in [-0.05, 0) is 56.2 Å². The van der Waals surface area contributed by atoms with E-state index in [2.05, 4.69) is 5.32 Å². The second-order valence-electron chi connectivity index (χ2n) is 9.12. The lowest BCUT2D eigenvalue weighted by Crippen LogP contribution is -2.44. The predicted molar refractivity (Wildman–Crippen MR) is 137 cm³/mol. The first-order valence-electron chi connectivity index (χ1n) is 11.9. The van der Waals surface area contributed by atoms with Gasteiger partial charge in [-0.2, -0.15) is 0 Å². The Bertz CT molecular complexity index is 1240. The smallest absolute Gasteiger partial charge is 0.319 e.